The number of para-hydroxylation sites is 1. The molecule has 2 heterocycles. The van der Waals surface area contributed by atoms with Gasteiger partial charge in [0.15, 0.2) is 5.82 Å². The van der Waals surface area contributed by atoms with Crippen LogP contribution in [0.5, 0.6) is 5.75 Å². The molecule has 140 valence electrons. The first kappa shape index (κ1) is 17.7. The number of aromatic amines is 1. The highest BCUT2D eigenvalue weighted by atomic mass is 16.5. The lowest BCUT2D eigenvalue weighted by Gasteiger charge is -2.29. The minimum Gasteiger partial charge on any atom is -0.497 e. The van der Waals surface area contributed by atoms with Crippen molar-refractivity contribution in [1.82, 2.24) is 9.97 Å². The van der Waals surface area contributed by atoms with Crippen LogP contribution in [0.2, 0.25) is 0 Å². The Morgan fingerprint density at radius 3 is 2.33 bits per heavy atom. The number of hydrogen-bond acceptors (Lipinski definition) is 3. The zero-order valence-electron chi connectivity index (χ0n) is 15.6. The first-order valence-electron chi connectivity index (χ1n) is 9.49. The number of ether oxygens (including phenoxy) is 1. The number of fused-ring (bicyclic) bond motifs is 1. The molecule has 1 aromatic heterocycles. The summed E-state index contributed by atoms with van der Waals surface area (Å²) in [6.45, 7) is 6.24. The second-order valence-corrected chi connectivity index (χ2v) is 7.23. The molecule has 0 saturated carbocycles. The maximum absolute atomic E-state index is 12.2. The minimum atomic E-state index is -0.0428. The molecule has 0 spiro atoms. The molecule has 1 aliphatic rings. The Bertz CT molecular complexity index is 960. The minimum absolute atomic E-state index is 0.0428. The Kier molecular flexibility index (Phi) is 5.18. The van der Waals surface area contributed by atoms with E-state index in [4.69, 9.17) is 4.74 Å². The van der Waals surface area contributed by atoms with E-state index in [-0.39, 0.29) is 5.56 Å². The quantitative estimate of drug-likeness (QED) is 0.566. The largest absolute Gasteiger partial charge is 0.497 e. The summed E-state index contributed by atoms with van der Waals surface area (Å²) in [7, 11) is 1.69. The lowest BCUT2D eigenvalue weighted by molar-refractivity contribution is -1.02. The van der Waals surface area contributed by atoms with Crippen LogP contribution in [-0.2, 0) is 13.1 Å². The van der Waals surface area contributed by atoms with Crippen LogP contribution in [-0.4, -0.2) is 43.3 Å². The normalized spacial score (nSPS) is 19.9. The Labute approximate surface area is 158 Å². The van der Waals surface area contributed by atoms with Gasteiger partial charge in [-0.1, -0.05) is 12.1 Å². The molecule has 0 unspecified atom stereocenters. The Hall–Kier alpha value is -2.70. The number of methoxy groups -OCH3 is 1. The maximum atomic E-state index is 12.2. The third kappa shape index (κ3) is 4.18. The number of hydrogen-bond donors (Lipinski definition) is 3. The molecule has 0 amide bonds. The summed E-state index contributed by atoms with van der Waals surface area (Å²) >= 11 is 0. The van der Waals surface area contributed by atoms with Gasteiger partial charge in [-0.15, -0.1) is 0 Å². The van der Waals surface area contributed by atoms with E-state index in [2.05, 4.69) is 22.1 Å². The number of rotatable bonds is 5. The van der Waals surface area contributed by atoms with Crippen LogP contribution in [0.3, 0.4) is 0 Å². The summed E-state index contributed by atoms with van der Waals surface area (Å²) in [5.41, 5.74) is 2.08. The Morgan fingerprint density at radius 1 is 0.963 bits per heavy atom. The molecule has 0 aliphatic carbocycles. The van der Waals surface area contributed by atoms with Crippen molar-refractivity contribution < 1.29 is 14.5 Å². The number of benzene rings is 2. The molecule has 0 bridgehead atoms. The number of aromatic nitrogens is 2. The zero-order valence-corrected chi connectivity index (χ0v) is 15.6. The van der Waals surface area contributed by atoms with Crippen LogP contribution in [0.25, 0.3) is 10.9 Å². The van der Waals surface area contributed by atoms with Gasteiger partial charge in [-0.2, -0.15) is 0 Å². The summed E-state index contributed by atoms with van der Waals surface area (Å²) in [6, 6.07) is 15.9. The summed E-state index contributed by atoms with van der Waals surface area (Å²) in [6.07, 6.45) is 0. The molecule has 4 rings (SSSR count). The van der Waals surface area contributed by atoms with Gasteiger partial charge in [0.05, 0.1) is 18.0 Å². The first-order valence-corrected chi connectivity index (χ1v) is 9.49. The number of H-pyrrole nitrogens is 1. The van der Waals surface area contributed by atoms with Crippen LogP contribution in [0, 0.1) is 0 Å². The van der Waals surface area contributed by atoms with Crippen LogP contribution < -0.4 is 20.1 Å². The standard InChI is InChI=1S/C21H24N4O2/c1-27-17-8-6-16(7-9-17)14-24-10-12-25(13-11-24)15-20-22-19-5-3-2-4-18(19)21(26)23-20/h2-9H,10-15H2,1H3,(H,22,23,26)/p+2. The number of nitrogens with zero attached hydrogens (tertiary/aromatic N) is 1. The molecule has 0 atom stereocenters. The first-order chi connectivity index (χ1) is 13.2. The van der Waals surface area contributed by atoms with Gasteiger partial charge in [0, 0.05) is 5.56 Å². The molecule has 0 radical (unpaired) electrons. The van der Waals surface area contributed by atoms with Gasteiger partial charge in [0.1, 0.15) is 45.0 Å². The SMILES string of the molecule is COc1ccc(C[NH+]2CC[NH+](Cc3nc4ccccc4c(=O)[nH]3)CC2)cc1. The van der Waals surface area contributed by atoms with E-state index in [1.54, 1.807) is 12.0 Å². The van der Waals surface area contributed by atoms with Crippen molar-refractivity contribution in [1.29, 1.82) is 0 Å². The summed E-state index contributed by atoms with van der Waals surface area (Å²) < 4.78 is 5.22. The van der Waals surface area contributed by atoms with Gasteiger partial charge in [-0.25, -0.2) is 4.98 Å². The third-order valence-electron chi connectivity index (χ3n) is 5.36. The molecular weight excluding hydrogens is 340 g/mol. The molecule has 1 saturated heterocycles. The van der Waals surface area contributed by atoms with E-state index in [0.29, 0.717) is 5.39 Å². The van der Waals surface area contributed by atoms with Crippen LogP contribution >= 0.6 is 0 Å². The van der Waals surface area contributed by atoms with Crippen molar-refractivity contribution in [2.75, 3.05) is 33.3 Å². The summed E-state index contributed by atoms with van der Waals surface area (Å²) in [5.74, 6) is 1.69. The molecular formula is C21H26N4O2+2. The Morgan fingerprint density at radius 2 is 1.63 bits per heavy atom. The van der Waals surface area contributed by atoms with Gasteiger partial charge < -0.3 is 19.5 Å². The lowest BCUT2D eigenvalue weighted by atomic mass is 10.2. The predicted octanol–water partition coefficient (Wildman–Crippen LogP) is -0.585. The topological polar surface area (TPSA) is 63.9 Å². The average molecular weight is 366 g/mol. The highest BCUT2D eigenvalue weighted by Gasteiger charge is 2.24. The summed E-state index contributed by atoms with van der Waals surface area (Å²) in [4.78, 5) is 22.9. The second kappa shape index (κ2) is 7.90. The van der Waals surface area contributed by atoms with Crippen LogP contribution in [0.4, 0.5) is 0 Å². The average Bonchev–Trinajstić information content (AvgIpc) is 2.70. The molecule has 3 aromatic rings. The number of quaternary nitrogens is 2. The zero-order chi connectivity index (χ0) is 18.6. The van der Waals surface area contributed by atoms with Crippen molar-refractivity contribution in [2.24, 2.45) is 0 Å². The molecule has 1 aliphatic heterocycles. The fraction of sp³-hybridized carbons (Fsp3) is 0.333. The highest BCUT2D eigenvalue weighted by Crippen LogP contribution is 2.10. The van der Waals surface area contributed by atoms with E-state index in [1.165, 1.54) is 10.5 Å². The van der Waals surface area contributed by atoms with E-state index in [1.807, 2.05) is 36.4 Å². The van der Waals surface area contributed by atoms with Crippen LogP contribution in [0.1, 0.15) is 11.4 Å². The van der Waals surface area contributed by atoms with Crippen molar-refractivity contribution in [2.45, 2.75) is 13.1 Å². The van der Waals surface area contributed by atoms with E-state index >= 15 is 0 Å². The van der Waals surface area contributed by atoms with Gasteiger partial charge in [0.2, 0.25) is 0 Å². The van der Waals surface area contributed by atoms with Gasteiger partial charge in [0.25, 0.3) is 5.56 Å². The predicted molar refractivity (Wildman–Crippen MR) is 104 cm³/mol. The van der Waals surface area contributed by atoms with Gasteiger partial charge in [-0.05, 0) is 36.4 Å². The Balaban J connectivity index is 1.34. The lowest BCUT2D eigenvalue weighted by Crippen LogP contribution is -3.27. The smallest absolute Gasteiger partial charge is 0.258 e. The van der Waals surface area contributed by atoms with E-state index < -0.39 is 0 Å². The number of nitrogens with one attached hydrogen (secondary N) is 3. The maximum Gasteiger partial charge on any atom is 0.258 e. The van der Waals surface area contributed by atoms with Crippen molar-refractivity contribution in [3.05, 3.63) is 70.3 Å². The highest BCUT2D eigenvalue weighted by molar-refractivity contribution is 5.77. The van der Waals surface area contributed by atoms with E-state index in [0.717, 1.165) is 56.4 Å². The second-order valence-electron chi connectivity index (χ2n) is 7.23. The van der Waals surface area contributed by atoms with Crippen molar-refractivity contribution in [3.8, 4) is 5.75 Å². The molecule has 27 heavy (non-hydrogen) atoms. The molecule has 6 heteroatoms. The van der Waals surface area contributed by atoms with Crippen LogP contribution in [0.15, 0.2) is 53.3 Å². The molecule has 2 aromatic carbocycles. The van der Waals surface area contributed by atoms with Crippen molar-refractivity contribution in [3.63, 3.8) is 0 Å². The third-order valence-corrected chi connectivity index (χ3v) is 5.36. The van der Waals surface area contributed by atoms with E-state index in [9.17, 15) is 4.79 Å². The molecule has 3 N–H and O–H groups in total. The molecule has 6 nitrogen and oxygen atoms in total. The molecule has 1 fully saturated rings. The summed E-state index contributed by atoms with van der Waals surface area (Å²) in [5, 5.41) is 0.657. The fourth-order valence-electron chi connectivity index (χ4n) is 3.80. The fourth-order valence-corrected chi connectivity index (χ4v) is 3.80. The van der Waals surface area contributed by atoms with Gasteiger partial charge >= 0.3 is 0 Å². The van der Waals surface area contributed by atoms with Gasteiger partial charge in [-0.3, -0.25) is 4.79 Å². The monoisotopic (exact) mass is 366 g/mol. The number of piperazine rings is 1. The van der Waals surface area contributed by atoms with Crippen molar-refractivity contribution >= 4 is 10.9 Å².